The zero-order chi connectivity index (χ0) is 13.1. The Morgan fingerprint density at radius 1 is 0.842 bits per heavy atom. The lowest BCUT2D eigenvalue weighted by Crippen LogP contribution is -2.18. The molecular formula is C17H19OP. The molecule has 3 rings (SSSR count). The monoisotopic (exact) mass is 270 g/mol. The Labute approximate surface area is 115 Å². The summed E-state index contributed by atoms with van der Waals surface area (Å²) in [5.41, 5.74) is 0. The lowest BCUT2D eigenvalue weighted by molar-refractivity contribution is 0.583. The molecule has 1 aliphatic carbocycles. The SMILES string of the molecule is O=P(CCC1CC1)(c1ccccc1)c1ccccc1. The van der Waals surface area contributed by atoms with Crippen molar-refractivity contribution < 1.29 is 4.57 Å². The fourth-order valence-electron chi connectivity index (χ4n) is 2.52. The minimum Gasteiger partial charge on any atom is -0.314 e. The molecule has 0 N–H and O–H groups in total. The summed E-state index contributed by atoms with van der Waals surface area (Å²) in [6, 6.07) is 20.0. The Kier molecular flexibility index (Phi) is 3.57. The fourth-order valence-corrected chi connectivity index (χ4v) is 5.37. The highest BCUT2D eigenvalue weighted by Gasteiger charge is 2.30. The first-order valence-electron chi connectivity index (χ1n) is 6.99. The van der Waals surface area contributed by atoms with E-state index < -0.39 is 7.14 Å². The quantitative estimate of drug-likeness (QED) is 0.755. The maximum absolute atomic E-state index is 13.5. The van der Waals surface area contributed by atoms with Crippen LogP contribution in [0.5, 0.6) is 0 Å². The summed E-state index contributed by atoms with van der Waals surface area (Å²) in [4.78, 5) is 0. The second-order valence-corrected chi connectivity index (χ2v) is 8.33. The van der Waals surface area contributed by atoms with Gasteiger partial charge in [0.05, 0.1) is 0 Å². The second kappa shape index (κ2) is 5.35. The first-order chi connectivity index (χ1) is 9.29. The molecule has 0 heterocycles. The molecule has 2 heteroatoms. The highest BCUT2D eigenvalue weighted by molar-refractivity contribution is 7.78. The van der Waals surface area contributed by atoms with Crippen LogP contribution in [-0.2, 0) is 4.57 Å². The topological polar surface area (TPSA) is 17.1 Å². The molecule has 0 atom stereocenters. The maximum Gasteiger partial charge on any atom is 0.143 e. The van der Waals surface area contributed by atoms with Gasteiger partial charge >= 0.3 is 0 Å². The number of hydrogen-bond acceptors (Lipinski definition) is 1. The molecule has 0 radical (unpaired) electrons. The van der Waals surface area contributed by atoms with E-state index in [1.54, 1.807) is 0 Å². The summed E-state index contributed by atoms with van der Waals surface area (Å²) in [5, 5.41) is 2.00. The number of rotatable bonds is 5. The zero-order valence-electron chi connectivity index (χ0n) is 11.0. The van der Waals surface area contributed by atoms with Gasteiger partial charge in [-0.05, 0) is 12.3 Å². The van der Waals surface area contributed by atoms with Crippen molar-refractivity contribution in [1.29, 1.82) is 0 Å². The van der Waals surface area contributed by atoms with Gasteiger partial charge in [0.1, 0.15) is 7.14 Å². The standard InChI is InChI=1S/C17H19OP/c18-19(14-13-15-11-12-15,16-7-3-1-4-8-16)17-9-5-2-6-10-17/h1-10,15H,11-14H2. The van der Waals surface area contributed by atoms with Crippen LogP contribution in [0.1, 0.15) is 19.3 Å². The van der Waals surface area contributed by atoms with E-state index in [1.165, 1.54) is 12.8 Å². The van der Waals surface area contributed by atoms with Crippen LogP contribution in [0, 0.1) is 5.92 Å². The van der Waals surface area contributed by atoms with Crippen LogP contribution in [-0.4, -0.2) is 6.16 Å². The zero-order valence-corrected chi connectivity index (χ0v) is 11.9. The van der Waals surface area contributed by atoms with E-state index in [0.717, 1.165) is 29.1 Å². The van der Waals surface area contributed by atoms with E-state index in [4.69, 9.17) is 0 Å². The molecule has 0 aliphatic heterocycles. The molecule has 1 fully saturated rings. The van der Waals surface area contributed by atoms with Crippen LogP contribution >= 0.6 is 7.14 Å². The van der Waals surface area contributed by atoms with Gasteiger partial charge in [-0.3, -0.25) is 0 Å². The van der Waals surface area contributed by atoms with Crippen molar-refractivity contribution in [3.8, 4) is 0 Å². The van der Waals surface area contributed by atoms with Gasteiger partial charge in [0.2, 0.25) is 0 Å². The van der Waals surface area contributed by atoms with E-state index >= 15 is 0 Å². The third kappa shape index (κ3) is 2.82. The van der Waals surface area contributed by atoms with Crippen LogP contribution in [0.3, 0.4) is 0 Å². The Hall–Kier alpha value is -1.33. The van der Waals surface area contributed by atoms with Gasteiger partial charge in [0, 0.05) is 16.8 Å². The van der Waals surface area contributed by atoms with Gasteiger partial charge in [-0.2, -0.15) is 0 Å². The van der Waals surface area contributed by atoms with E-state index in [9.17, 15) is 4.57 Å². The molecule has 0 bridgehead atoms. The van der Waals surface area contributed by atoms with Crippen molar-refractivity contribution in [2.75, 3.05) is 6.16 Å². The van der Waals surface area contributed by atoms with Crippen molar-refractivity contribution in [3.05, 3.63) is 60.7 Å². The van der Waals surface area contributed by atoms with Gasteiger partial charge in [0.25, 0.3) is 0 Å². The van der Waals surface area contributed by atoms with Crippen molar-refractivity contribution in [3.63, 3.8) is 0 Å². The van der Waals surface area contributed by atoms with Gasteiger partial charge in [-0.15, -0.1) is 0 Å². The third-order valence-electron chi connectivity index (χ3n) is 3.90. The van der Waals surface area contributed by atoms with Gasteiger partial charge in [-0.25, -0.2) is 0 Å². The predicted molar refractivity (Wildman–Crippen MR) is 82.0 cm³/mol. The Morgan fingerprint density at radius 3 is 1.74 bits per heavy atom. The summed E-state index contributed by atoms with van der Waals surface area (Å²) in [7, 11) is -2.44. The molecule has 1 saturated carbocycles. The molecule has 0 unspecified atom stereocenters. The van der Waals surface area contributed by atoms with Crippen LogP contribution in [0.4, 0.5) is 0 Å². The summed E-state index contributed by atoms with van der Waals surface area (Å²) in [5.74, 6) is 0.820. The maximum atomic E-state index is 13.5. The molecule has 0 aromatic heterocycles. The first kappa shape index (κ1) is 12.7. The Morgan fingerprint density at radius 2 is 1.32 bits per heavy atom. The molecule has 0 spiro atoms. The number of benzene rings is 2. The molecule has 0 amide bonds. The van der Waals surface area contributed by atoms with Crippen molar-refractivity contribution in [2.45, 2.75) is 19.3 Å². The Balaban J connectivity index is 1.97. The predicted octanol–water partition coefficient (Wildman–Crippen LogP) is 3.80. The van der Waals surface area contributed by atoms with Gasteiger partial charge in [-0.1, -0.05) is 73.5 Å². The molecular weight excluding hydrogens is 251 g/mol. The number of hydrogen-bond donors (Lipinski definition) is 0. The molecule has 1 nitrogen and oxygen atoms in total. The normalized spacial score (nSPS) is 15.4. The lowest BCUT2D eigenvalue weighted by Gasteiger charge is -2.19. The molecule has 0 saturated heterocycles. The van der Waals surface area contributed by atoms with Crippen LogP contribution in [0.15, 0.2) is 60.7 Å². The summed E-state index contributed by atoms with van der Waals surface area (Å²) in [6.45, 7) is 0. The van der Waals surface area contributed by atoms with Crippen LogP contribution < -0.4 is 10.6 Å². The van der Waals surface area contributed by atoms with E-state index in [-0.39, 0.29) is 0 Å². The fraction of sp³-hybridized carbons (Fsp3) is 0.294. The van der Waals surface area contributed by atoms with Gasteiger partial charge < -0.3 is 4.57 Å². The van der Waals surface area contributed by atoms with Crippen molar-refractivity contribution in [2.24, 2.45) is 5.92 Å². The van der Waals surface area contributed by atoms with Crippen molar-refractivity contribution in [1.82, 2.24) is 0 Å². The van der Waals surface area contributed by atoms with Crippen molar-refractivity contribution >= 4 is 17.8 Å². The minimum atomic E-state index is -2.44. The average Bonchev–Trinajstić information content (AvgIpc) is 3.31. The lowest BCUT2D eigenvalue weighted by atomic mass is 10.3. The smallest absolute Gasteiger partial charge is 0.143 e. The summed E-state index contributed by atoms with van der Waals surface area (Å²) in [6.07, 6.45) is 4.56. The first-order valence-corrected chi connectivity index (χ1v) is 8.88. The molecule has 2 aromatic rings. The molecule has 19 heavy (non-hydrogen) atoms. The minimum absolute atomic E-state index is 0.811. The van der Waals surface area contributed by atoms with E-state index in [0.29, 0.717) is 0 Å². The average molecular weight is 270 g/mol. The van der Waals surface area contributed by atoms with Crippen LogP contribution in [0.25, 0.3) is 0 Å². The molecule has 2 aromatic carbocycles. The summed E-state index contributed by atoms with van der Waals surface area (Å²) >= 11 is 0. The largest absolute Gasteiger partial charge is 0.314 e. The Bertz CT molecular complexity index is 529. The van der Waals surface area contributed by atoms with Gasteiger partial charge in [0.15, 0.2) is 0 Å². The molecule has 98 valence electrons. The molecule has 1 aliphatic rings. The highest BCUT2D eigenvalue weighted by atomic mass is 31.2. The van der Waals surface area contributed by atoms with E-state index in [1.807, 2.05) is 60.7 Å². The highest BCUT2D eigenvalue weighted by Crippen LogP contribution is 2.47. The third-order valence-corrected chi connectivity index (χ3v) is 7.05. The van der Waals surface area contributed by atoms with E-state index in [2.05, 4.69) is 0 Å². The second-order valence-electron chi connectivity index (χ2n) is 5.37. The van der Waals surface area contributed by atoms with Crippen LogP contribution in [0.2, 0.25) is 0 Å². The summed E-state index contributed by atoms with van der Waals surface area (Å²) < 4.78 is 13.5.